The maximum absolute atomic E-state index is 13.5. The molecule has 0 N–H and O–H groups in total. The van der Waals surface area contributed by atoms with Gasteiger partial charge in [0.05, 0.1) is 17.9 Å². The summed E-state index contributed by atoms with van der Waals surface area (Å²) in [5.74, 6) is 0.0359. The normalized spacial score (nSPS) is 15.8. The topological polar surface area (TPSA) is 60.9 Å². The lowest BCUT2D eigenvalue weighted by atomic mass is 9.82. The van der Waals surface area contributed by atoms with Crippen LogP contribution in [0.2, 0.25) is 0 Å². The first-order valence-corrected chi connectivity index (χ1v) is 14.9. The molecule has 4 rings (SSSR count). The van der Waals surface area contributed by atoms with E-state index >= 15 is 0 Å². The second-order valence-corrected chi connectivity index (χ2v) is 12.9. The number of aromatic nitrogens is 1. The van der Waals surface area contributed by atoms with Crippen LogP contribution < -0.4 is 9.64 Å². The van der Waals surface area contributed by atoms with Crippen LogP contribution in [0.3, 0.4) is 0 Å². The Hall–Kier alpha value is -3.45. The number of benzene rings is 2. The van der Waals surface area contributed by atoms with Crippen LogP contribution in [0.15, 0.2) is 48.5 Å². The minimum absolute atomic E-state index is 0.250. The van der Waals surface area contributed by atoms with Crippen LogP contribution in [-0.2, 0) is 20.9 Å². The van der Waals surface area contributed by atoms with E-state index in [0.717, 1.165) is 65.3 Å². The average Bonchev–Trinajstić information content (AvgIpc) is 2.91. The van der Waals surface area contributed by atoms with Gasteiger partial charge in [-0.05, 0) is 95.2 Å². The van der Waals surface area contributed by atoms with Gasteiger partial charge in [-0.1, -0.05) is 38.1 Å². The SMILES string of the molecule is CCOC(=O)C(OC(C)(C)C)c1c(C)nc(C)c(-c2ccc(OCc3ccc(F)cc3)cc2)c1N1CCC(C)(C)CC1. The van der Waals surface area contributed by atoms with E-state index in [4.69, 9.17) is 19.2 Å². The van der Waals surface area contributed by atoms with E-state index in [1.54, 1.807) is 12.1 Å². The number of anilines is 1. The number of ether oxygens (including phenoxy) is 3. The summed E-state index contributed by atoms with van der Waals surface area (Å²) in [5.41, 5.74) is 5.91. The Morgan fingerprint density at radius 3 is 2.19 bits per heavy atom. The summed E-state index contributed by atoms with van der Waals surface area (Å²) in [6, 6.07) is 14.3. The lowest BCUT2D eigenvalue weighted by Crippen LogP contribution is -2.39. The van der Waals surface area contributed by atoms with Crippen LogP contribution in [-0.4, -0.2) is 36.3 Å². The van der Waals surface area contributed by atoms with Crippen LogP contribution in [0.4, 0.5) is 10.1 Å². The molecule has 3 aromatic rings. The Kier molecular flexibility index (Phi) is 9.61. The fourth-order valence-corrected chi connectivity index (χ4v) is 5.43. The maximum Gasteiger partial charge on any atom is 0.340 e. The molecule has 1 aliphatic heterocycles. The number of hydrogen-bond donors (Lipinski definition) is 0. The van der Waals surface area contributed by atoms with Crippen molar-refractivity contribution in [3.8, 4) is 16.9 Å². The fraction of sp³-hybridized carbons (Fsp3) is 0.486. The summed E-state index contributed by atoms with van der Waals surface area (Å²) >= 11 is 0. The molecule has 1 fully saturated rings. The first-order chi connectivity index (χ1) is 19.8. The predicted octanol–water partition coefficient (Wildman–Crippen LogP) is 8.13. The summed E-state index contributed by atoms with van der Waals surface area (Å²) in [7, 11) is 0. The number of rotatable bonds is 9. The van der Waals surface area contributed by atoms with Gasteiger partial charge in [0.2, 0.25) is 0 Å². The lowest BCUT2D eigenvalue weighted by Gasteiger charge is -2.41. The molecule has 0 saturated carbocycles. The third-order valence-corrected chi connectivity index (χ3v) is 7.71. The number of nitrogens with zero attached hydrogens (tertiary/aromatic N) is 2. The largest absolute Gasteiger partial charge is 0.489 e. The zero-order valence-corrected chi connectivity index (χ0v) is 26.3. The Morgan fingerprint density at radius 1 is 1.00 bits per heavy atom. The Morgan fingerprint density at radius 2 is 1.62 bits per heavy atom. The number of pyridine rings is 1. The van der Waals surface area contributed by atoms with Crippen LogP contribution in [0.1, 0.15) is 83.0 Å². The highest BCUT2D eigenvalue weighted by Gasteiger charge is 2.37. The molecular formula is C35H45FN2O4. The van der Waals surface area contributed by atoms with Gasteiger partial charge in [-0.15, -0.1) is 0 Å². The second kappa shape index (κ2) is 12.8. The smallest absolute Gasteiger partial charge is 0.340 e. The number of carbonyl (C=O) groups is 1. The fourth-order valence-electron chi connectivity index (χ4n) is 5.43. The standard InChI is InChI=1S/C35H45FN2O4/c1-9-40-33(39)32(42-34(4,5)6)30-24(3)37-23(2)29(31(30)38-20-18-35(7,8)19-21-38)26-12-16-28(17-13-26)41-22-25-10-14-27(36)15-11-25/h10-17,32H,9,18-22H2,1-8H3. The van der Waals surface area contributed by atoms with Crippen molar-refractivity contribution >= 4 is 11.7 Å². The molecule has 0 bridgehead atoms. The number of aryl methyl sites for hydroxylation is 2. The number of carbonyl (C=O) groups excluding carboxylic acids is 1. The van der Waals surface area contributed by atoms with Gasteiger partial charge in [-0.2, -0.15) is 0 Å². The van der Waals surface area contributed by atoms with Gasteiger partial charge >= 0.3 is 5.97 Å². The Labute approximate surface area is 250 Å². The van der Waals surface area contributed by atoms with Crippen molar-refractivity contribution in [1.82, 2.24) is 4.98 Å². The quantitative estimate of drug-likeness (QED) is 0.240. The van der Waals surface area contributed by atoms with Gasteiger partial charge in [0.15, 0.2) is 6.10 Å². The molecular weight excluding hydrogens is 531 g/mol. The molecule has 2 aromatic carbocycles. The van der Waals surface area contributed by atoms with Gasteiger partial charge in [-0.25, -0.2) is 9.18 Å². The summed E-state index contributed by atoms with van der Waals surface area (Å²) in [5, 5.41) is 0. The van der Waals surface area contributed by atoms with Crippen molar-refractivity contribution in [2.45, 2.75) is 86.5 Å². The molecule has 0 aliphatic carbocycles. The highest BCUT2D eigenvalue weighted by Crippen LogP contribution is 2.45. The first kappa shape index (κ1) is 31.5. The zero-order chi connectivity index (χ0) is 30.7. The van der Waals surface area contributed by atoms with Crippen molar-refractivity contribution in [3.63, 3.8) is 0 Å². The van der Waals surface area contributed by atoms with Crippen molar-refractivity contribution in [3.05, 3.63) is 76.9 Å². The molecule has 1 saturated heterocycles. The highest BCUT2D eigenvalue weighted by molar-refractivity contribution is 5.88. The number of halogens is 1. The van der Waals surface area contributed by atoms with Crippen LogP contribution in [0, 0.1) is 25.1 Å². The van der Waals surface area contributed by atoms with E-state index in [1.165, 1.54) is 12.1 Å². The van der Waals surface area contributed by atoms with Crippen LogP contribution in [0.5, 0.6) is 5.75 Å². The van der Waals surface area contributed by atoms with Gasteiger partial charge in [0.25, 0.3) is 0 Å². The summed E-state index contributed by atoms with van der Waals surface area (Å²) < 4.78 is 31.3. The van der Waals surface area contributed by atoms with Gasteiger partial charge in [0, 0.05) is 35.6 Å². The number of hydrogen-bond acceptors (Lipinski definition) is 6. The molecule has 1 atom stereocenters. The van der Waals surface area contributed by atoms with E-state index in [-0.39, 0.29) is 17.8 Å². The monoisotopic (exact) mass is 576 g/mol. The lowest BCUT2D eigenvalue weighted by molar-refractivity contribution is -0.166. The van der Waals surface area contributed by atoms with E-state index in [0.29, 0.717) is 12.4 Å². The minimum atomic E-state index is -0.917. The average molecular weight is 577 g/mol. The van der Waals surface area contributed by atoms with Gasteiger partial charge < -0.3 is 19.1 Å². The van der Waals surface area contributed by atoms with Crippen LogP contribution >= 0.6 is 0 Å². The summed E-state index contributed by atoms with van der Waals surface area (Å²) in [6.07, 6.45) is 1.15. The van der Waals surface area contributed by atoms with Crippen molar-refractivity contribution in [2.75, 3.05) is 24.6 Å². The molecule has 0 amide bonds. The van der Waals surface area contributed by atoms with Gasteiger partial charge in [-0.3, -0.25) is 4.98 Å². The number of esters is 1. The van der Waals surface area contributed by atoms with Gasteiger partial charge in [0.1, 0.15) is 18.2 Å². The maximum atomic E-state index is 13.5. The third kappa shape index (κ3) is 7.68. The van der Waals surface area contributed by atoms with E-state index < -0.39 is 17.7 Å². The van der Waals surface area contributed by atoms with E-state index in [1.807, 2.05) is 65.8 Å². The highest BCUT2D eigenvalue weighted by atomic mass is 19.1. The third-order valence-electron chi connectivity index (χ3n) is 7.71. The first-order valence-electron chi connectivity index (χ1n) is 14.9. The molecule has 2 heterocycles. The van der Waals surface area contributed by atoms with Crippen molar-refractivity contribution in [2.24, 2.45) is 5.41 Å². The molecule has 6 nitrogen and oxygen atoms in total. The molecule has 7 heteroatoms. The Bertz CT molecular complexity index is 1370. The molecule has 0 radical (unpaired) electrons. The molecule has 1 aliphatic rings. The van der Waals surface area contributed by atoms with E-state index in [2.05, 4.69) is 18.7 Å². The molecule has 42 heavy (non-hydrogen) atoms. The zero-order valence-electron chi connectivity index (χ0n) is 26.3. The molecule has 1 aromatic heterocycles. The molecule has 1 unspecified atom stereocenters. The summed E-state index contributed by atoms with van der Waals surface area (Å²) in [4.78, 5) is 20.8. The number of piperidine rings is 1. The van der Waals surface area contributed by atoms with Crippen molar-refractivity contribution < 1.29 is 23.4 Å². The minimum Gasteiger partial charge on any atom is -0.489 e. The molecule has 0 spiro atoms. The van der Waals surface area contributed by atoms with E-state index in [9.17, 15) is 9.18 Å². The molecule has 226 valence electrons. The predicted molar refractivity (Wildman–Crippen MR) is 165 cm³/mol. The van der Waals surface area contributed by atoms with Crippen LogP contribution in [0.25, 0.3) is 11.1 Å². The second-order valence-electron chi connectivity index (χ2n) is 12.9. The summed E-state index contributed by atoms with van der Waals surface area (Å²) in [6.45, 7) is 18.6. The van der Waals surface area contributed by atoms with Crippen molar-refractivity contribution in [1.29, 1.82) is 0 Å². The Balaban J connectivity index is 1.80.